The number of fused-ring (bicyclic) bond motifs is 3. The predicted molar refractivity (Wildman–Crippen MR) is 131 cm³/mol. The highest BCUT2D eigenvalue weighted by Gasteiger charge is 2.41. The van der Waals surface area contributed by atoms with Gasteiger partial charge in [-0.1, -0.05) is 18.2 Å². The van der Waals surface area contributed by atoms with Crippen molar-refractivity contribution in [2.45, 2.75) is 18.7 Å². The molecule has 0 unspecified atom stereocenters. The topological polar surface area (TPSA) is 71.0 Å². The molecule has 0 N–H and O–H groups in total. The van der Waals surface area contributed by atoms with Gasteiger partial charge in [0.25, 0.3) is 0 Å². The molecule has 8 nitrogen and oxygen atoms in total. The zero-order valence-corrected chi connectivity index (χ0v) is 20.4. The smallest absolute Gasteiger partial charge is 0.214 e. The number of hydrogen-bond donors (Lipinski definition) is 0. The predicted octanol–water partition coefficient (Wildman–Crippen LogP) is 4.97. The van der Waals surface area contributed by atoms with Gasteiger partial charge in [0, 0.05) is 23.1 Å². The highest BCUT2D eigenvalue weighted by Crippen LogP contribution is 2.49. The fourth-order valence-electron chi connectivity index (χ4n) is 4.69. The number of rotatable bonds is 7. The summed E-state index contributed by atoms with van der Waals surface area (Å²) in [6.07, 6.45) is 0.234. The van der Waals surface area contributed by atoms with Gasteiger partial charge < -0.3 is 28.4 Å². The molecular formula is C27H28N2O6. The van der Waals surface area contributed by atoms with Gasteiger partial charge in [0.15, 0.2) is 23.0 Å². The molecule has 2 atom stereocenters. The molecule has 0 aromatic heterocycles. The molecule has 0 amide bonds. The number of methoxy groups -OCH3 is 5. The van der Waals surface area contributed by atoms with Crippen LogP contribution in [0, 0.1) is 0 Å². The van der Waals surface area contributed by atoms with Gasteiger partial charge in [0.2, 0.25) is 12.0 Å². The number of hydrazone groups is 1. The van der Waals surface area contributed by atoms with Gasteiger partial charge in [-0.15, -0.1) is 0 Å². The second-order valence-electron chi connectivity index (χ2n) is 8.18. The first kappa shape index (κ1) is 22.7. The Kier molecular flexibility index (Phi) is 6.03. The standard InChI is InChI=1S/C27H28N2O6/c1-30-22-11-10-16(12-23(22)31-2)19-15-20-18-8-6-7-9-21(18)35-27(29(20)28-19)17-13-24(32-3)26(34-5)25(14-17)33-4/h6-14,20,27H,15H2,1-5H3/t20-,27+/m0/s1. The minimum Gasteiger partial charge on any atom is -0.493 e. The van der Waals surface area contributed by atoms with Crippen molar-refractivity contribution in [3.8, 4) is 34.5 Å². The van der Waals surface area contributed by atoms with Crippen LogP contribution in [-0.2, 0) is 0 Å². The lowest BCUT2D eigenvalue weighted by atomic mass is 9.95. The van der Waals surface area contributed by atoms with E-state index in [1.54, 1.807) is 35.5 Å². The molecule has 2 aliphatic rings. The van der Waals surface area contributed by atoms with E-state index in [0.717, 1.165) is 34.6 Å². The molecule has 35 heavy (non-hydrogen) atoms. The summed E-state index contributed by atoms with van der Waals surface area (Å²) in [5.41, 5.74) is 3.85. The summed E-state index contributed by atoms with van der Waals surface area (Å²) in [5, 5.41) is 7.05. The zero-order valence-electron chi connectivity index (χ0n) is 20.4. The lowest BCUT2D eigenvalue weighted by Crippen LogP contribution is -2.33. The number of para-hydroxylation sites is 1. The normalized spacial score (nSPS) is 18.1. The Morgan fingerprint density at radius 3 is 2.11 bits per heavy atom. The molecule has 2 aliphatic heterocycles. The summed E-state index contributed by atoms with van der Waals surface area (Å²) in [6.45, 7) is 0. The van der Waals surface area contributed by atoms with Gasteiger partial charge in [-0.2, -0.15) is 5.10 Å². The maximum absolute atomic E-state index is 6.49. The third-order valence-corrected chi connectivity index (χ3v) is 6.39. The highest BCUT2D eigenvalue weighted by molar-refractivity contribution is 6.02. The van der Waals surface area contributed by atoms with Crippen molar-refractivity contribution in [2.75, 3.05) is 35.5 Å². The molecule has 182 valence electrons. The second kappa shape index (κ2) is 9.29. The summed E-state index contributed by atoms with van der Waals surface area (Å²) in [5.74, 6) is 3.82. The maximum Gasteiger partial charge on any atom is 0.214 e. The molecule has 0 radical (unpaired) electrons. The SMILES string of the molecule is COc1ccc(C2=NN3[C@@H](c4cc(OC)c(OC)c(OC)c4)Oc4ccccc4[C@@H]3C2)cc1OC. The molecule has 0 spiro atoms. The minimum atomic E-state index is -0.485. The van der Waals surface area contributed by atoms with Crippen LogP contribution in [0.1, 0.15) is 35.4 Å². The molecular weight excluding hydrogens is 448 g/mol. The van der Waals surface area contributed by atoms with E-state index >= 15 is 0 Å². The Balaban J connectivity index is 1.61. The monoisotopic (exact) mass is 476 g/mol. The van der Waals surface area contributed by atoms with E-state index in [1.807, 2.05) is 53.5 Å². The maximum atomic E-state index is 6.49. The van der Waals surface area contributed by atoms with Crippen LogP contribution >= 0.6 is 0 Å². The van der Waals surface area contributed by atoms with Crippen LogP contribution in [-0.4, -0.2) is 46.3 Å². The molecule has 0 fully saturated rings. The van der Waals surface area contributed by atoms with Crippen LogP contribution < -0.4 is 28.4 Å². The summed E-state index contributed by atoms with van der Waals surface area (Å²) >= 11 is 0. The number of ether oxygens (including phenoxy) is 6. The van der Waals surface area contributed by atoms with E-state index in [0.29, 0.717) is 28.7 Å². The Hall–Kier alpha value is -4.07. The average molecular weight is 477 g/mol. The van der Waals surface area contributed by atoms with E-state index in [1.165, 1.54) is 0 Å². The number of benzene rings is 3. The lowest BCUT2D eigenvalue weighted by molar-refractivity contribution is -0.0192. The van der Waals surface area contributed by atoms with E-state index in [4.69, 9.17) is 33.5 Å². The summed E-state index contributed by atoms with van der Waals surface area (Å²) in [4.78, 5) is 0. The minimum absolute atomic E-state index is 0.00661. The Morgan fingerprint density at radius 2 is 1.46 bits per heavy atom. The summed E-state index contributed by atoms with van der Waals surface area (Å²) < 4.78 is 34.1. The quantitative estimate of drug-likeness (QED) is 0.477. The Morgan fingerprint density at radius 1 is 0.771 bits per heavy atom. The molecule has 3 aromatic carbocycles. The van der Waals surface area contributed by atoms with Crippen molar-refractivity contribution >= 4 is 5.71 Å². The van der Waals surface area contributed by atoms with Crippen LogP contribution in [0.2, 0.25) is 0 Å². The highest BCUT2D eigenvalue weighted by atomic mass is 16.5. The van der Waals surface area contributed by atoms with E-state index in [2.05, 4.69) is 6.07 Å². The average Bonchev–Trinajstić information content (AvgIpc) is 3.37. The van der Waals surface area contributed by atoms with Crippen molar-refractivity contribution in [3.05, 3.63) is 71.3 Å². The van der Waals surface area contributed by atoms with Gasteiger partial charge in [-0.25, -0.2) is 5.01 Å². The molecule has 8 heteroatoms. The zero-order chi connectivity index (χ0) is 24.5. The van der Waals surface area contributed by atoms with Crippen LogP contribution in [0.15, 0.2) is 59.7 Å². The van der Waals surface area contributed by atoms with Crippen molar-refractivity contribution in [1.29, 1.82) is 0 Å². The third kappa shape index (κ3) is 3.84. The van der Waals surface area contributed by atoms with E-state index in [9.17, 15) is 0 Å². The molecule has 2 heterocycles. The van der Waals surface area contributed by atoms with Crippen LogP contribution in [0.25, 0.3) is 0 Å². The van der Waals surface area contributed by atoms with E-state index < -0.39 is 6.23 Å². The van der Waals surface area contributed by atoms with Gasteiger partial charge in [-0.05, 0) is 36.4 Å². The fourth-order valence-corrected chi connectivity index (χ4v) is 4.69. The fraction of sp³-hybridized carbons (Fsp3) is 0.296. The van der Waals surface area contributed by atoms with Crippen molar-refractivity contribution in [3.63, 3.8) is 0 Å². The van der Waals surface area contributed by atoms with E-state index in [-0.39, 0.29) is 6.04 Å². The molecule has 0 aliphatic carbocycles. The van der Waals surface area contributed by atoms with Gasteiger partial charge in [0.1, 0.15) is 5.75 Å². The largest absolute Gasteiger partial charge is 0.493 e. The molecule has 5 rings (SSSR count). The first-order valence-corrected chi connectivity index (χ1v) is 11.3. The Bertz CT molecular complexity index is 1250. The van der Waals surface area contributed by atoms with Crippen molar-refractivity contribution in [1.82, 2.24) is 5.01 Å². The molecule has 0 saturated carbocycles. The van der Waals surface area contributed by atoms with Crippen LogP contribution in [0.3, 0.4) is 0 Å². The van der Waals surface area contributed by atoms with Gasteiger partial charge in [-0.3, -0.25) is 0 Å². The van der Waals surface area contributed by atoms with Crippen LogP contribution in [0.5, 0.6) is 34.5 Å². The first-order valence-electron chi connectivity index (χ1n) is 11.3. The van der Waals surface area contributed by atoms with Gasteiger partial charge in [0.05, 0.1) is 47.3 Å². The van der Waals surface area contributed by atoms with Gasteiger partial charge >= 0.3 is 0 Å². The lowest BCUT2D eigenvalue weighted by Gasteiger charge is -2.38. The number of nitrogens with zero attached hydrogens (tertiary/aromatic N) is 2. The van der Waals surface area contributed by atoms with Crippen molar-refractivity contribution < 1.29 is 28.4 Å². The molecule has 0 saturated heterocycles. The summed E-state index contributed by atoms with van der Waals surface area (Å²) in [6, 6.07) is 17.7. The van der Waals surface area contributed by atoms with Crippen molar-refractivity contribution in [2.24, 2.45) is 5.10 Å². The summed E-state index contributed by atoms with van der Waals surface area (Å²) in [7, 11) is 8.05. The first-order chi connectivity index (χ1) is 17.1. The second-order valence-corrected chi connectivity index (χ2v) is 8.18. The molecule has 0 bridgehead atoms. The number of hydrogen-bond acceptors (Lipinski definition) is 8. The molecule has 3 aromatic rings. The van der Waals surface area contributed by atoms with Crippen LogP contribution in [0.4, 0.5) is 0 Å². The third-order valence-electron chi connectivity index (χ3n) is 6.39. The Labute approximate surface area is 204 Å².